The zero-order valence-electron chi connectivity index (χ0n) is 17.8. The van der Waals surface area contributed by atoms with Gasteiger partial charge in [0.25, 0.3) is 5.91 Å². The summed E-state index contributed by atoms with van der Waals surface area (Å²) >= 11 is 13.8. The number of esters is 1. The second-order valence-corrected chi connectivity index (χ2v) is 9.14. The highest BCUT2D eigenvalue weighted by Crippen LogP contribution is 2.29. The van der Waals surface area contributed by atoms with E-state index >= 15 is 0 Å². The molecule has 0 aliphatic carbocycles. The molecule has 0 N–H and O–H groups in total. The van der Waals surface area contributed by atoms with Crippen LogP contribution in [-0.2, 0) is 22.5 Å². The Labute approximate surface area is 204 Å². The van der Waals surface area contributed by atoms with E-state index in [0.717, 1.165) is 16.7 Å². The molecule has 3 aromatic carbocycles. The number of benzene rings is 3. The molecule has 0 atom stereocenters. The van der Waals surface area contributed by atoms with Crippen LogP contribution in [0.3, 0.4) is 0 Å². The third-order valence-electron chi connectivity index (χ3n) is 4.94. The fraction of sp³-hybridized carbons (Fsp3) is 0.160. The molecule has 1 heterocycles. The second-order valence-electron chi connectivity index (χ2n) is 7.29. The Kier molecular flexibility index (Phi) is 7.28. The van der Waals surface area contributed by atoms with Gasteiger partial charge in [-0.25, -0.2) is 0 Å². The number of ether oxygens (including phenoxy) is 1. The Hall–Kier alpha value is -2.93. The molecular weight excluding hydrogens is 479 g/mol. The topological polar surface area (TPSA) is 60.7 Å². The van der Waals surface area contributed by atoms with Crippen molar-refractivity contribution in [3.05, 3.63) is 98.3 Å². The Balaban J connectivity index is 1.68. The molecule has 0 aliphatic rings. The number of hydrogen-bond donors (Lipinski definition) is 0. The lowest BCUT2D eigenvalue weighted by Gasteiger charge is -2.06. The average molecular weight is 499 g/mol. The Morgan fingerprint density at radius 1 is 1.00 bits per heavy atom. The van der Waals surface area contributed by atoms with E-state index in [2.05, 4.69) is 17.1 Å². The van der Waals surface area contributed by atoms with Crippen molar-refractivity contribution in [2.75, 3.05) is 6.61 Å². The largest absolute Gasteiger partial charge is 0.465 e. The van der Waals surface area contributed by atoms with Crippen molar-refractivity contribution in [1.82, 2.24) is 4.57 Å². The number of hydrogen-bond acceptors (Lipinski definition) is 4. The third-order valence-corrected chi connectivity index (χ3v) is 6.47. The van der Waals surface area contributed by atoms with Crippen molar-refractivity contribution in [2.45, 2.75) is 19.9 Å². The monoisotopic (exact) mass is 498 g/mol. The van der Waals surface area contributed by atoms with Gasteiger partial charge in [-0.3, -0.25) is 9.59 Å². The maximum Gasteiger partial charge on any atom is 0.326 e. The molecule has 5 nitrogen and oxygen atoms in total. The molecule has 1 aromatic heterocycles. The average Bonchev–Trinajstić information content (AvgIpc) is 3.11. The van der Waals surface area contributed by atoms with Crippen molar-refractivity contribution < 1.29 is 14.3 Å². The number of thiazole rings is 1. The molecule has 0 unspecified atom stereocenters. The zero-order valence-corrected chi connectivity index (χ0v) is 20.1. The predicted octanol–water partition coefficient (Wildman–Crippen LogP) is 5.90. The lowest BCUT2D eigenvalue weighted by molar-refractivity contribution is -0.143. The van der Waals surface area contributed by atoms with Gasteiger partial charge in [0.15, 0.2) is 4.80 Å². The summed E-state index contributed by atoms with van der Waals surface area (Å²) in [6.07, 6.45) is 0.779. The van der Waals surface area contributed by atoms with E-state index in [-0.39, 0.29) is 13.2 Å². The van der Waals surface area contributed by atoms with Crippen LogP contribution in [0.15, 0.2) is 71.7 Å². The van der Waals surface area contributed by atoms with Crippen LogP contribution in [0, 0.1) is 0 Å². The summed E-state index contributed by atoms with van der Waals surface area (Å²) in [5, 5.41) is 0.834. The molecule has 0 fully saturated rings. The van der Waals surface area contributed by atoms with Gasteiger partial charge in [0.1, 0.15) is 6.54 Å². The third kappa shape index (κ3) is 5.53. The van der Waals surface area contributed by atoms with E-state index in [4.69, 9.17) is 27.9 Å². The highest BCUT2D eigenvalue weighted by molar-refractivity contribution is 7.16. The minimum atomic E-state index is -0.442. The highest BCUT2D eigenvalue weighted by Gasteiger charge is 2.16. The van der Waals surface area contributed by atoms with Crippen molar-refractivity contribution in [1.29, 1.82) is 0 Å². The van der Waals surface area contributed by atoms with Gasteiger partial charge >= 0.3 is 5.97 Å². The first kappa shape index (κ1) is 23.2. The first-order valence-electron chi connectivity index (χ1n) is 10.3. The molecule has 1 amide bonds. The standard InChI is InChI=1S/C25H20Cl2N2O3S/c1-2-32-22(30)15-29-23-20(27)13-19(26)14-21(23)33-25(29)28-24(31)18-10-8-17(9-11-18)12-16-6-4-3-5-7-16/h3-11,13-14H,2,12,15H2,1H3. The van der Waals surface area contributed by atoms with E-state index in [1.807, 2.05) is 30.3 Å². The van der Waals surface area contributed by atoms with Crippen LogP contribution in [0.1, 0.15) is 28.4 Å². The maximum atomic E-state index is 12.9. The summed E-state index contributed by atoms with van der Waals surface area (Å²) in [4.78, 5) is 29.8. The van der Waals surface area contributed by atoms with E-state index in [9.17, 15) is 9.59 Å². The fourth-order valence-corrected chi connectivity index (χ4v) is 5.26. The van der Waals surface area contributed by atoms with Crippen LogP contribution in [0.25, 0.3) is 10.2 Å². The van der Waals surface area contributed by atoms with E-state index < -0.39 is 11.9 Å². The van der Waals surface area contributed by atoms with E-state index in [0.29, 0.717) is 25.9 Å². The molecule has 0 aliphatic heterocycles. The number of carbonyl (C=O) groups is 2. The minimum absolute atomic E-state index is 0.114. The first-order valence-corrected chi connectivity index (χ1v) is 11.9. The van der Waals surface area contributed by atoms with Gasteiger partial charge in [0.2, 0.25) is 0 Å². The maximum absolute atomic E-state index is 12.9. The molecule has 33 heavy (non-hydrogen) atoms. The van der Waals surface area contributed by atoms with Crippen LogP contribution >= 0.6 is 34.5 Å². The van der Waals surface area contributed by atoms with Crippen LogP contribution in [0.5, 0.6) is 0 Å². The van der Waals surface area contributed by atoms with Crippen LogP contribution in [-0.4, -0.2) is 23.1 Å². The molecular formula is C25H20Cl2N2O3S. The molecule has 8 heteroatoms. The van der Waals surface area contributed by atoms with Gasteiger partial charge in [0.05, 0.1) is 21.8 Å². The summed E-state index contributed by atoms with van der Waals surface area (Å²) in [5.41, 5.74) is 3.33. The van der Waals surface area contributed by atoms with Crippen molar-refractivity contribution in [3.8, 4) is 0 Å². The number of amides is 1. The first-order chi connectivity index (χ1) is 15.9. The quantitative estimate of drug-likeness (QED) is 0.310. The number of nitrogens with zero attached hydrogens (tertiary/aromatic N) is 2. The minimum Gasteiger partial charge on any atom is -0.465 e. The molecule has 0 radical (unpaired) electrons. The molecule has 4 rings (SSSR count). The van der Waals surface area contributed by atoms with Gasteiger partial charge in [-0.1, -0.05) is 77.0 Å². The van der Waals surface area contributed by atoms with Crippen molar-refractivity contribution >= 4 is 56.6 Å². The van der Waals surface area contributed by atoms with Gasteiger partial charge in [-0.15, -0.1) is 0 Å². The van der Waals surface area contributed by atoms with Crippen LogP contribution in [0.2, 0.25) is 10.0 Å². The smallest absolute Gasteiger partial charge is 0.326 e. The molecule has 0 saturated heterocycles. The van der Waals surface area contributed by atoms with Crippen LogP contribution in [0.4, 0.5) is 0 Å². The van der Waals surface area contributed by atoms with Crippen molar-refractivity contribution in [3.63, 3.8) is 0 Å². The van der Waals surface area contributed by atoms with Gasteiger partial charge in [0, 0.05) is 10.6 Å². The molecule has 0 saturated carbocycles. The zero-order chi connectivity index (χ0) is 23.4. The number of fused-ring (bicyclic) bond motifs is 1. The predicted molar refractivity (Wildman–Crippen MR) is 132 cm³/mol. The number of halogens is 2. The fourth-order valence-electron chi connectivity index (χ4n) is 3.44. The Morgan fingerprint density at radius 3 is 2.39 bits per heavy atom. The van der Waals surface area contributed by atoms with Gasteiger partial charge in [-0.2, -0.15) is 4.99 Å². The number of carbonyl (C=O) groups excluding carboxylic acids is 2. The molecule has 0 bridgehead atoms. The summed E-state index contributed by atoms with van der Waals surface area (Å²) in [6, 6.07) is 20.8. The molecule has 168 valence electrons. The molecule has 4 aromatic rings. The number of rotatable bonds is 6. The molecule has 0 spiro atoms. The lowest BCUT2D eigenvalue weighted by Crippen LogP contribution is -2.23. The van der Waals surface area contributed by atoms with E-state index in [1.54, 1.807) is 35.8 Å². The van der Waals surface area contributed by atoms with Gasteiger partial charge < -0.3 is 9.30 Å². The summed E-state index contributed by atoms with van der Waals surface area (Å²) < 4.78 is 7.40. The second kappa shape index (κ2) is 10.3. The van der Waals surface area contributed by atoms with Crippen LogP contribution < -0.4 is 4.80 Å². The van der Waals surface area contributed by atoms with Gasteiger partial charge in [-0.05, 0) is 48.7 Å². The number of aromatic nitrogens is 1. The normalized spacial score (nSPS) is 11.7. The lowest BCUT2D eigenvalue weighted by atomic mass is 10.0. The highest BCUT2D eigenvalue weighted by atomic mass is 35.5. The van der Waals surface area contributed by atoms with E-state index in [1.165, 1.54) is 16.9 Å². The SMILES string of the molecule is CCOC(=O)Cn1c(=NC(=O)c2ccc(Cc3ccccc3)cc2)sc2cc(Cl)cc(Cl)c21. The Bertz CT molecular complexity index is 1380. The Morgan fingerprint density at radius 2 is 1.70 bits per heavy atom. The summed E-state index contributed by atoms with van der Waals surface area (Å²) in [7, 11) is 0. The summed E-state index contributed by atoms with van der Waals surface area (Å²) in [6.45, 7) is 1.87. The summed E-state index contributed by atoms with van der Waals surface area (Å²) in [5.74, 6) is -0.852. The van der Waals surface area contributed by atoms with Crippen molar-refractivity contribution in [2.24, 2.45) is 4.99 Å².